The monoisotopic (exact) mass is 416 g/mol. The lowest BCUT2D eigenvalue weighted by Crippen LogP contribution is -2.32. The van der Waals surface area contributed by atoms with Crippen LogP contribution in [0.25, 0.3) is 10.9 Å². The number of carboxylic acids is 1. The summed E-state index contributed by atoms with van der Waals surface area (Å²) in [5, 5.41) is 12.3. The molecule has 5 nitrogen and oxygen atoms in total. The number of carbonyl (C=O) groups excluding carboxylic acids is 1. The summed E-state index contributed by atoms with van der Waals surface area (Å²) < 4.78 is 1.77. The fraction of sp³-hybridized carbons (Fsp3) is 0.286. The van der Waals surface area contributed by atoms with E-state index in [0.29, 0.717) is 12.0 Å². The summed E-state index contributed by atoms with van der Waals surface area (Å²) >= 11 is 6.83. The van der Waals surface area contributed by atoms with E-state index in [4.69, 9.17) is 5.11 Å². The summed E-state index contributed by atoms with van der Waals surface area (Å²) in [4.78, 5) is 25.9. The van der Waals surface area contributed by atoms with E-state index in [-0.39, 0.29) is 18.4 Å². The first kappa shape index (κ1) is 16.0. The molecule has 112 valence electrons. The average Bonchev–Trinajstić information content (AvgIpc) is 2.80. The van der Waals surface area contributed by atoms with Gasteiger partial charge in [0.05, 0.1) is 5.56 Å². The molecule has 0 fully saturated rings. The van der Waals surface area contributed by atoms with E-state index in [1.54, 1.807) is 13.1 Å². The van der Waals surface area contributed by atoms with Gasteiger partial charge in [0.25, 0.3) is 5.91 Å². The van der Waals surface area contributed by atoms with Crippen LogP contribution in [0.4, 0.5) is 0 Å². The predicted molar refractivity (Wildman–Crippen MR) is 87.5 cm³/mol. The zero-order valence-corrected chi connectivity index (χ0v) is 14.4. The van der Waals surface area contributed by atoms with Gasteiger partial charge >= 0.3 is 5.97 Å². The first-order valence-electron chi connectivity index (χ1n) is 6.37. The van der Waals surface area contributed by atoms with Crippen molar-refractivity contribution < 1.29 is 14.7 Å². The van der Waals surface area contributed by atoms with E-state index in [9.17, 15) is 9.59 Å². The second-order valence-corrected chi connectivity index (χ2v) is 6.53. The fourth-order valence-electron chi connectivity index (χ4n) is 2.02. The molecule has 0 aliphatic carbocycles. The van der Waals surface area contributed by atoms with E-state index in [1.807, 2.05) is 12.1 Å². The Morgan fingerprint density at radius 3 is 2.67 bits per heavy atom. The van der Waals surface area contributed by atoms with Gasteiger partial charge in [-0.25, -0.2) is 0 Å². The number of aromatic nitrogens is 1. The quantitative estimate of drug-likeness (QED) is 0.693. The molecule has 0 aliphatic heterocycles. The minimum absolute atomic E-state index is 0.0355. The van der Waals surface area contributed by atoms with Crippen LogP contribution < -0.4 is 5.32 Å². The highest BCUT2D eigenvalue weighted by molar-refractivity contribution is 9.13. The lowest BCUT2D eigenvalue weighted by atomic mass is 10.1. The molecule has 0 radical (unpaired) electrons. The van der Waals surface area contributed by atoms with Crippen LogP contribution in [-0.4, -0.2) is 28.0 Å². The molecule has 21 heavy (non-hydrogen) atoms. The van der Waals surface area contributed by atoms with E-state index in [0.717, 1.165) is 19.8 Å². The van der Waals surface area contributed by atoms with Gasteiger partial charge in [-0.05, 0) is 57.3 Å². The maximum Gasteiger partial charge on any atom is 0.303 e. The largest absolute Gasteiger partial charge is 0.481 e. The summed E-state index contributed by atoms with van der Waals surface area (Å²) in [6.07, 6.45) is 2.09. The van der Waals surface area contributed by atoms with Gasteiger partial charge in [-0.3, -0.25) is 9.59 Å². The predicted octanol–water partition coefficient (Wildman–Crippen LogP) is 3.68. The number of aromatic amines is 1. The van der Waals surface area contributed by atoms with Gasteiger partial charge in [0.1, 0.15) is 0 Å². The molecule has 0 saturated carbocycles. The Kier molecular flexibility index (Phi) is 5.05. The number of hydrogen-bond acceptors (Lipinski definition) is 2. The van der Waals surface area contributed by atoms with Crippen molar-refractivity contribution in [3.05, 3.63) is 32.8 Å². The Morgan fingerprint density at radius 2 is 2.00 bits per heavy atom. The van der Waals surface area contributed by atoms with E-state index in [2.05, 4.69) is 42.2 Å². The van der Waals surface area contributed by atoms with E-state index < -0.39 is 5.97 Å². The first-order valence-corrected chi connectivity index (χ1v) is 7.96. The fourth-order valence-corrected chi connectivity index (χ4v) is 2.71. The number of benzene rings is 1. The van der Waals surface area contributed by atoms with E-state index in [1.165, 1.54) is 0 Å². The smallest absolute Gasteiger partial charge is 0.303 e. The molecule has 7 heteroatoms. The third kappa shape index (κ3) is 3.85. The third-order valence-corrected chi connectivity index (χ3v) is 4.98. The maximum atomic E-state index is 12.3. The summed E-state index contributed by atoms with van der Waals surface area (Å²) in [6.45, 7) is 1.79. The molecule has 2 aromatic rings. The van der Waals surface area contributed by atoms with Gasteiger partial charge < -0.3 is 15.4 Å². The number of nitrogens with one attached hydrogen (secondary N) is 2. The Bertz CT molecular complexity index is 697. The minimum atomic E-state index is -0.864. The van der Waals surface area contributed by atoms with Crippen LogP contribution in [0, 0.1) is 0 Å². The lowest BCUT2D eigenvalue weighted by molar-refractivity contribution is -0.137. The first-order chi connectivity index (χ1) is 9.88. The summed E-state index contributed by atoms with van der Waals surface area (Å²) in [6, 6.07) is 3.56. The zero-order valence-electron chi connectivity index (χ0n) is 11.2. The molecule has 1 unspecified atom stereocenters. The van der Waals surface area contributed by atoms with Crippen molar-refractivity contribution >= 4 is 54.6 Å². The van der Waals surface area contributed by atoms with Crippen molar-refractivity contribution in [3.8, 4) is 0 Å². The van der Waals surface area contributed by atoms with Gasteiger partial charge in [0, 0.05) is 38.5 Å². The molecular weight excluding hydrogens is 404 g/mol. The van der Waals surface area contributed by atoms with Crippen LogP contribution in [0.15, 0.2) is 27.3 Å². The van der Waals surface area contributed by atoms with Crippen molar-refractivity contribution in [1.29, 1.82) is 0 Å². The zero-order chi connectivity index (χ0) is 15.6. The van der Waals surface area contributed by atoms with Crippen molar-refractivity contribution in [2.45, 2.75) is 25.8 Å². The number of hydrogen-bond donors (Lipinski definition) is 3. The minimum Gasteiger partial charge on any atom is -0.481 e. The maximum absolute atomic E-state index is 12.3. The SMILES string of the molecule is CC(CCC(=O)O)NC(=O)c1c[nH]c2cc(Br)c(Br)cc12. The van der Waals surface area contributed by atoms with Gasteiger partial charge in [0.2, 0.25) is 0 Å². The molecule has 0 bridgehead atoms. The molecule has 1 amide bonds. The Morgan fingerprint density at radius 1 is 1.33 bits per heavy atom. The van der Waals surface area contributed by atoms with Crippen molar-refractivity contribution in [2.24, 2.45) is 0 Å². The standard InChI is InChI=1S/C14H14Br2N2O3/c1-7(2-3-13(19)20)18-14(21)9-6-17-12-5-11(16)10(15)4-8(9)12/h4-7,17H,2-3H2,1H3,(H,18,21)(H,19,20). The number of amides is 1. The van der Waals surface area contributed by atoms with Crippen molar-refractivity contribution in [1.82, 2.24) is 10.3 Å². The Labute approximate surface area is 138 Å². The number of carbonyl (C=O) groups is 2. The van der Waals surface area contributed by atoms with Gasteiger partial charge in [0.15, 0.2) is 0 Å². The lowest BCUT2D eigenvalue weighted by Gasteiger charge is -2.12. The number of halogens is 2. The van der Waals surface area contributed by atoms with Crippen LogP contribution in [0.3, 0.4) is 0 Å². The molecule has 1 aromatic heterocycles. The van der Waals surface area contributed by atoms with Crippen LogP contribution in [0.1, 0.15) is 30.1 Å². The van der Waals surface area contributed by atoms with E-state index >= 15 is 0 Å². The molecular formula is C14H14Br2N2O3. The second kappa shape index (κ2) is 6.62. The number of aliphatic carboxylic acids is 1. The van der Waals surface area contributed by atoms with Gasteiger partial charge in [-0.15, -0.1) is 0 Å². The van der Waals surface area contributed by atoms with Gasteiger partial charge in [-0.1, -0.05) is 0 Å². The topological polar surface area (TPSA) is 82.2 Å². The average molecular weight is 418 g/mol. The van der Waals surface area contributed by atoms with Crippen LogP contribution in [0.5, 0.6) is 0 Å². The Balaban J connectivity index is 2.16. The van der Waals surface area contributed by atoms with Crippen LogP contribution in [0.2, 0.25) is 0 Å². The highest BCUT2D eigenvalue weighted by Crippen LogP contribution is 2.30. The summed E-state index contributed by atoms with van der Waals surface area (Å²) in [7, 11) is 0. The van der Waals surface area contributed by atoms with Crippen LogP contribution >= 0.6 is 31.9 Å². The molecule has 1 heterocycles. The molecule has 1 atom stereocenters. The number of H-pyrrole nitrogens is 1. The number of rotatable bonds is 5. The van der Waals surface area contributed by atoms with Crippen LogP contribution in [-0.2, 0) is 4.79 Å². The molecule has 0 spiro atoms. The molecule has 3 N–H and O–H groups in total. The Hall–Kier alpha value is -1.34. The number of fused-ring (bicyclic) bond motifs is 1. The molecule has 2 rings (SSSR count). The summed E-state index contributed by atoms with van der Waals surface area (Å²) in [5.74, 6) is -1.08. The highest BCUT2D eigenvalue weighted by Gasteiger charge is 2.16. The second-order valence-electron chi connectivity index (χ2n) is 4.82. The normalized spacial score (nSPS) is 12.3. The molecule has 1 aromatic carbocycles. The number of carboxylic acid groups (broad SMARTS) is 1. The molecule has 0 saturated heterocycles. The summed E-state index contributed by atoms with van der Waals surface area (Å²) in [5.41, 5.74) is 1.40. The third-order valence-electron chi connectivity index (χ3n) is 3.14. The molecule has 0 aliphatic rings. The van der Waals surface area contributed by atoms with Gasteiger partial charge in [-0.2, -0.15) is 0 Å². The van der Waals surface area contributed by atoms with Crippen molar-refractivity contribution in [3.63, 3.8) is 0 Å². The van der Waals surface area contributed by atoms with Crippen molar-refractivity contribution in [2.75, 3.05) is 0 Å². The highest BCUT2D eigenvalue weighted by atomic mass is 79.9.